The number of hydrogen-bond donors (Lipinski definition) is 1. The Morgan fingerprint density at radius 1 is 1.04 bits per heavy atom. The highest BCUT2D eigenvalue weighted by atomic mass is 79.9. The van der Waals surface area contributed by atoms with Crippen LogP contribution in [0.1, 0.15) is 5.56 Å². The molecule has 0 bridgehead atoms. The Morgan fingerprint density at radius 2 is 1.73 bits per heavy atom. The lowest BCUT2D eigenvalue weighted by molar-refractivity contribution is -0.115. The molecule has 1 saturated heterocycles. The van der Waals surface area contributed by atoms with E-state index in [4.69, 9.17) is 21.7 Å². The molecule has 0 aliphatic carbocycles. The average Bonchev–Trinajstić information content (AvgIpc) is 2.92. The molecular weight excluding hydrogens is 502 g/mol. The van der Waals surface area contributed by atoms with E-state index >= 15 is 0 Å². The van der Waals surface area contributed by atoms with Crippen LogP contribution in [0.15, 0.2) is 56.3 Å². The molecule has 4 nitrogen and oxygen atoms in total. The van der Waals surface area contributed by atoms with Gasteiger partial charge in [-0.05, 0) is 48.5 Å². The number of thioether (sulfide) groups is 1. The van der Waals surface area contributed by atoms with E-state index in [0.29, 0.717) is 28.2 Å². The van der Waals surface area contributed by atoms with Gasteiger partial charge in [-0.25, -0.2) is 0 Å². The highest BCUT2D eigenvalue weighted by molar-refractivity contribution is 9.10. The van der Waals surface area contributed by atoms with Crippen molar-refractivity contribution >= 4 is 72.1 Å². The largest absolute Gasteiger partial charge is 0.490 e. The smallest absolute Gasteiger partial charge is 0.263 e. The molecule has 0 spiro atoms. The second-order valence-corrected chi connectivity index (χ2v) is 8.74. The first kappa shape index (κ1) is 19.4. The predicted molar refractivity (Wildman–Crippen MR) is 116 cm³/mol. The standard InChI is InChI=1S/C18H13Br2NO3S2/c19-12-1-4-14(5-2-12)23-7-8-24-15-6-3-13(20)9-11(15)10-16-17(22)21-18(25)26-16/h1-6,9-10H,7-8H2,(H,21,22,25)/b16-10-. The SMILES string of the molecule is O=C1NC(=S)S/C1=C\c1cc(Br)ccc1OCCOc1ccc(Br)cc1. The summed E-state index contributed by atoms with van der Waals surface area (Å²) in [5.74, 6) is 1.26. The Balaban J connectivity index is 1.64. The first-order chi connectivity index (χ1) is 12.5. The van der Waals surface area contributed by atoms with Gasteiger partial charge in [0.15, 0.2) is 0 Å². The minimum absolute atomic E-state index is 0.190. The maximum atomic E-state index is 11.9. The summed E-state index contributed by atoms with van der Waals surface area (Å²) in [5.41, 5.74) is 0.797. The first-order valence-corrected chi connectivity index (χ1v) is 10.4. The Kier molecular flexibility index (Phi) is 6.74. The molecular formula is C18H13Br2NO3S2. The second kappa shape index (κ2) is 9.03. The minimum atomic E-state index is -0.190. The van der Waals surface area contributed by atoms with E-state index in [1.807, 2.05) is 42.5 Å². The summed E-state index contributed by atoms with van der Waals surface area (Å²) in [6.45, 7) is 0.790. The van der Waals surface area contributed by atoms with Crippen molar-refractivity contribution in [3.63, 3.8) is 0 Å². The average molecular weight is 515 g/mol. The molecule has 2 aromatic rings. The second-order valence-electron chi connectivity index (χ2n) is 5.19. The number of rotatable bonds is 6. The van der Waals surface area contributed by atoms with Gasteiger partial charge in [-0.3, -0.25) is 4.79 Å². The van der Waals surface area contributed by atoms with Crippen molar-refractivity contribution in [2.24, 2.45) is 0 Å². The molecule has 2 aromatic carbocycles. The fourth-order valence-corrected chi connectivity index (χ4v) is 3.85. The number of carbonyl (C=O) groups is 1. The summed E-state index contributed by atoms with van der Waals surface area (Å²) in [6.07, 6.45) is 1.77. The molecule has 3 rings (SSSR count). The molecule has 1 N–H and O–H groups in total. The van der Waals surface area contributed by atoms with Crippen LogP contribution in [0.2, 0.25) is 0 Å². The van der Waals surface area contributed by atoms with E-state index < -0.39 is 0 Å². The van der Waals surface area contributed by atoms with E-state index in [2.05, 4.69) is 37.2 Å². The summed E-state index contributed by atoms with van der Waals surface area (Å²) >= 11 is 13.1. The molecule has 1 heterocycles. The van der Waals surface area contributed by atoms with Gasteiger partial charge >= 0.3 is 0 Å². The first-order valence-electron chi connectivity index (χ1n) is 7.57. The van der Waals surface area contributed by atoms with Gasteiger partial charge < -0.3 is 14.8 Å². The molecule has 1 amide bonds. The van der Waals surface area contributed by atoms with Gasteiger partial charge in [0.1, 0.15) is 29.0 Å². The summed E-state index contributed by atoms with van der Waals surface area (Å²) in [7, 11) is 0. The molecule has 26 heavy (non-hydrogen) atoms. The third kappa shape index (κ3) is 5.33. The van der Waals surface area contributed by atoms with Crippen LogP contribution < -0.4 is 14.8 Å². The molecule has 0 atom stereocenters. The van der Waals surface area contributed by atoms with Crippen LogP contribution in [0.4, 0.5) is 0 Å². The number of ether oxygens (including phenoxy) is 2. The Bertz CT molecular complexity index is 869. The normalized spacial score (nSPS) is 15.2. The summed E-state index contributed by atoms with van der Waals surface area (Å²) < 4.78 is 13.9. The topological polar surface area (TPSA) is 47.6 Å². The summed E-state index contributed by atoms with van der Waals surface area (Å²) in [5, 5.41) is 2.61. The van der Waals surface area contributed by atoms with E-state index in [1.54, 1.807) is 6.08 Å². The van der Waals surface area contributed by atoms with E-state index in [0.717, 1.165) is 20.3 Å². The zero-order chi connectivity index (χ0) is 18.5. The van der Waals surface area contributed by atoms with Crippen LogP contribution in [0.5, 0.6) is 11.5 Å². The maximum Gasteiger partial charge on any atom is 0.263 e. The number of carbonyl (C=O) groups excluding carboxylic acids is 1. The molecule has 0 saturated carbocycles. The molecule has 134 valence electrons. The lowest BCUT2D eigenvalue weighted by Crippen LogP contribution is -2.17. The van der Waals surface area contributed by atoms with Crippen molar-refractivity contribution in [2.75, 3.05) is 13.2 Å². The van der Waals surface area contributed by atoms with Crippen LogP contribution in [0, 0.1) is 0 Å². The Labute approximate surface area is 177 Å². The van der Waals surface area contributed by atoms with Crippen LogP contribution in [-0.2, 0) is 4.79 Å². The van der Waals surface area contributed by atoms with E-state index in [-0.39, 0.29) is 5.91 Å². The van der Waals surface area contributed by atoms with Gasteiger partial charge in [-0.15, -0.1) is 0 Å². The third-order valence-electron chi connectivity index (χ3n) is 3.32. The van der Waals surface area contributed by atoms with Gasteiger partial charge in [0.05, 0.1) is 4.91 Å². The summed E-state index contributed by atoms with van der Waals surface area (Å²) in [4.78, 5) is 12.4. The number of nitrogens with one attached hydrogen (secondary N) is 1. The number of amides is 1. The van der Waals surface area contributed by atoms with Crippen LogP contribution in [0.25, 0.3) is 6.08 Å². The number of thiocarbonyl (C=S) groups is 1. The van der Waals surface area contributed by atoms with Crippen molar-refractivity contribution in [1.82, 2.24) is 5.32 Å². The quantitative estimate of drug-likeness (QED) is 0.328. The zero-order valence-corrected chi connectivity index (χ0v) is 18.1. The number of benzene rings is 2. The van der Waals surface area contributed by atoms with Gasteiger partial charge in [-0.2, -0.15) is 0 Å². The van der Waals surface area contributed by atoms with Gasteiger partial charge in [0, 0.05) is 14.5 Å². The molecule has 1 aliphatic rings. The van der Waals surface area contributed by atoms with Gasteiger partial charge in [-0.1, -0.05) is 55.8 Å². The minimum Gasteiger partial charge on any atom is -0.490 e. The van der Waals surface area contributed by atoms with E-state index in [1.165, 1.54) is 11.8 Å². The molecule has 1 aliphatic heterocycles. The summed E-state index contributed by atoms with van der Waals surface area (Å²) in [6, 6.07) is 13.3. The number of hydrogen-bond acceptors (Lipinski definition) is 5. The molecule has 0 radical (unpaired) electrons. The molecule has 0 unspecified atom stereocenters. The third-order valence-corrected chi connectivity index (χ3v) is 5.51. The number of halogens is 2. The van der Waals surface area contributed by atoms with Crippen molar-refractivity contribution in [1.29, 1.82) is 0 Å². The Morgan fingerprint density at radius 3 is 2.42 bits per heavy atom. The van der Waals surface area contributed by atoms with Gasteiger partial charge in [0.25, 0.3) is 5.91 Å². The lowest BCUT2D eigenvalue weighted by atomic mass is 10.2. The highest BCUT2D eigenvalue weighted by Gasteiger charge is 2.22. The lowest BCUT2D eigenvalue weighted by Gasteiger charge is -2.11. The fourth-order valence-electron chi connectivity index (χ4n) is 2.17. The molecule has 8 heteroatoms. The van der Waals surface area contributed by atoms with Crippen LogP contribution >= 0.6 is 55.8 Å². The van der Waals surface area contributed by atoms with Crippen molar-refractivity contribution < 1.29 is 14.3 Å². The maximum absolute atomic E-state index is 11.9. The van der Waals surface area contributed by atoms with Crippen molar-refractivity contribution in [3.05, 3.63) is 61.9 Å². The molecule has 1 fully saturated rings. The Hall–Kier alpha value is -1.35. The van der Waals surface area contributed by atoms with Gasteiger partial charge in [0.2, 0.25) is 0 Å². The van der Waals surface area contributed by atoms with E-state index in [9.17, 15) is 4.79 Å². The zero-order valence-electron chi connectivity index (χ0n) is 13.3. The van der Waals surface area contributed by atoms with Crippen LogP contribution in [-0.4, -0.2) is 23.4 Å². The fraction of sp³-hybridized carbons (Fsp3) is 0.111. The van der Waals surface area contributed by atoms with Crippen molar-refractivity contribution in [2.45, 2.75) is 0 Å². The molecule has 0 aromatic heterocycles. The monoisotopic (exact) mass is 513 g/mol. The van der Waals surface area contributed by atoms with Crippen molar-refractivity contribution in [3.8, 4) is 11.5 Å². The highest BCUT2D eigenvalue weighted by Crippen LogP contribution is 2.31. The van der Waals surface area contributed by atoms with Crippen LogP contribution in [0.3, 0.4) is 0 Å². The predicted octanol–water partition coefficient (Wildman–Crippen LogP) is 5.16.